The summed E-state index contributed by atoms with van der Waals surface area (Å²) in [6, 6.07) is 4.34. The number of likely N-dealkylation sites (tertiary alicyclic amines) is 1. The molecule has 2 saturated heterocycles. The van der Waals surface area contributed by atoms with Gasteiger partial charge in [0.2, 0.25) is 0 Å². The quantitative estimate of drug-likeness (QED) is 0.813. The van der Waals surface area contributed by atoms with Crippen molar-refractivity contribution < 1.29 is 4.79 Å². The summed E-state index contributed by atoms with van der Waals surface area (Å²) in [5.74, 6) is 0.801. The molecule has 4 nitrogen and oxygen atoms in total. The lowest BCUT2D eigenvalue weighted by atomic mass is 9.88. The summed E-state index contributed by atoms with van der Waals surface area (Å²) < 4.78 is 0.903. The van der Waals surface area contributed by atoms with Crippen LogP contribution >= 0.6 is 40.7 Å². The highest BCUT2D eigenvalue weighted by molar-refractivity contribution is 9.10. The molecule has 1 amide bonds. The van der Waals surface area contributed by atoms with Gasteiger partial charge in [0, 0.05) is 29.8 Å². The van der Waals surface area contributed by atoms with E-state index < -0.39 is 0 Å². The first-order chi connectivity index (χ1) is 9.74. The molecule has 0 aliphatic carbocycles. The molecule has 1 N–H and O–H groups in total. The second kappa shape index (κ2) is 9.06. The minimum Gasteiger partial charge on any atom is -0.337 e. The lowest BCUT2D eigenvalue weighted by molar-refractivity contribution is 0.0668. The molecule has 22 heavy (non-hydrogen) atoms. The van der Waals surface area contributed by atoms with Crippen LogP contribution in [0.1, 0.15) is 36.2 Å². The largest absolute Gasteiger partial charge is 0.337 e. The van der Waals surface area contributed by atoms with Gasteiger partial charge in [0.15, 0.2) is 0 Å². The molecule has 0 saturated carbocycles. The third kappa shape index (κ3) is 4.57. The van der Waals surface area contributed by atoms with E-state index in [9.17, 15) is 4.79 Å². The van der Waals surface area contributed by atoms with Crippen molar-refractivity contribution in [3.63, 3.8) is 0 Å². The number of nitrogens with one attached hydrogen (secondary N) is 1. The van der Waals surface area contributed by atoms with Gasteiger partial charge in [-0.3, -0.25) is 4.79 Å². The van der Waals surface area contributed by atoms with Gasteiger partial charge in [-0.15, -0.1) is 24.8 Å². The molecule has 1 unspecified atom stereocenters. The van der Waals surface area contributed by atoms with E-state index in [0.29, 0.717) is 11.7 Å². The molecule has 1 aromatic heterocycles. The second-order valence-corrected chi connectivity index (χ2v) is 6.61. The number of hydrogen-bond acceptors (Lipinski definition) is 3. The highest BCUT2D eigenvalue weighted by atomic mass is 79.9. The van der Waals surface area contributed by atoms with Crippen LogP contribution in [0.3, 0.4) is 0 Å². The number of carbonyl (C=O) groups excluding carboxylic acids is 1. The first-order valence-corrected chi connectivity index (χ1v) is 8.17. The normalized spacial score (nSPS) is 21.9. The van der Waals surface area contributed by atoms with Gasteiger partial charge in [-0.25, -0.2) is 4.98 Å². The predicted molar refractivity (Wildman–Crippen MR) is 96.1 cm³/mol. The zero-order valence-corrected chi connectivity index (χ0v) is 15.6. The van der Waals surface area contributed by atoms with Crippen molar-refractivity contribution in [3.05, 3.63) is 28.5 Å². The minimum absolute atomic E-state index is 0. The van der Waals surface area contributed by atoms with Crippen LogP contribution in [0.2, 0.25) is 0 Å². The van der Waals surface area contributed by atoms with E-state index in [1.165, 1.54) is 12.8 Å². The molecule has 1 aromatic rings. The molecule has 1 atom stereocenters. The maximum Gasteiger partial charge on any atom is 0.272 e. The summed E-state index contributed by atoms with van der Waals surface area (Å²) in [7, 11) is 0. The van der Waals surface area contributed by atoms with Crippen molar-refractivity contribution in [3.8, 4) is 0 Å². The van der Waals surface area contributed by atoms with Crippen LogP contribution < -0.4 is 5.32 Å². The monoisotopic (exact) mass is 409 g/mol. The number of aromatic nitrogens is 1. The molecule has 124 valence electrons. The summed E-state index contributed by atoms with van der Waals surface area (Å²) in [6.45, 7) is 2.88. The number of rotatable bonds is 2. The number of halogens is 3. The van der Waals surface area contributed by atoms with Crippen molar-refractivity contribution in [1.29, 1.82) is 0 Å². The number of carbonyl (C=O) groups is 1. The number of pyridine rings is 1. The fourth-order valence-electron chi connectivity index (χ4n) is 3.28. The van der Waals surface area contributed by atoms with Crippen LogP contribution in [-0.4, -0.2) is 41.5 Å². The SMILES string of the molecule is Cl.Cl.O=C(c1ccc(Br)cn1)N1CCC(C2CCCN2)CC1. The fraction of sp³-hybridized carbons (Fsp3) is 0.600. The number of nitrogens with zero attached hydrogens (tertiary/aromatic N) is 2. The smallest absolute Gasteiger partial charge is 0.272 e. The van der Waals surface area contributed by atoms with E-state index in [1.54, 1.807) is 12.3 Å². The highest BCUT2D eigenvalue weighted by Gasteiger charge is 2.30. The Morgan fingerprint density at radius 3 is 2.50 bits per heavy atom. The maximum atomic E-state index is 12.4. The Morgan fingerprint density at radius 2 is 1.95 bits per heavy atom. The minimum atomic E-state index is 0. The van der Waals surface area contributed by atoms with E-state index in [2.05, 4.69) is 26.2 Å². The Labute approximate surface area is 152 Å². The zero-order chi connectivity index (χ0) is 13.9. The van der Waals surface area contributed by atoms with Gasteiger partial charge in [-0.05, 0) is 66.2 Å². The third-order valence-corrected chi connectivity index (χ3v) is 4.91. The molecule has 0 spiro atoms. The van der Waals surface area contributed by atoms with E-state index in [-0.39, 0.29) is 30.7 Å². The van der Waals surface area contributed by atoms with Crippen LogP contribution in [0, 0.1) is 5.92 Å². The molecule has 0 radical (unpaired) electrons. The Bertz CT molecular complexity index is 472. The van der Waals surface area contributed by atoms with Crippen molar-refractivity contribution >= 4 is 46.7 Å². The van der Waals surface area contributed by atoms with Crippen molar-refractivity contribution in [1.82, 2.24) is 15.2 Å². The Hall–Kier alpha value is -0.360. The highest BCUT2D eigenvalue weighted by Crippen LogP contribution is 2.26. The van der Waals surface area contributed by atoms with Crippen LogP contribution in [0.25, 0.3) is 0 Å². The molecule has 3 rings (SSSR count). The number of amides is 1. The fourth-order valence-corrected chi connectivity index (χ4v) is 3.52. The number of hydrogen-bond donors (Lipinski definition) is 1. The van der Waals surface area contributed by atoms with Gasteiger partial charge >= 0.3 is 0 Å². The Kier molecular flexibility index (Phi) is 8.11. The van der Waals surface area contributed by atoms with E-state index in [0.717, 1.165) is 42.9 Å². The summed E-state index contributed by atoms with van der Waals surface area (Å²) in [6.07, 6.45) is 6.50. The van der Waals surface area contributed by atoms with Crippen molar-refractivity contribution in [2.45, 2.75) is 31.7 Å². The Morgan fingerprint density at radius 1 is 1.23 bits per heavy atom. The second-order valence-electron chi connectivity index (χ2n) is 5.69. The van der Waals surface area contributed by atoms with Crippen LogP contribution in [0.4, 0.5) is 0 Å². The van der Waals surface area contributed by atoms with Crippen molar-refractivity contribution in [2.24, 2.45) is 5.92 Å². The van der Waals surface area contributed by atoms with Gasteiger partial charge in [-0.2, -0.15) is 0 Å². The Balaban J connectivity index is 0.00000121. The standard InChI is InChI=1S/C15H20BrN3O.2ClH/c16-12-3-4-14(18-10-12)15(20)19-8-5-11(6-9-19)13-2-1-7-17-13;;/h3-4,10-11,13,17H,1-2,5-9H2;2*1H. The molecular weight excluding hydrogens is 389 g/mol. The van der Waals surface area contributed by atoms with Crippen LogP contribution in [-0.2, 0) is 0 Å². The van der Waals surface area contributed by atoms with E-state index in [1.807, 2.05) is 11.0 Å². The van der Waals surface area contributed by atoms with Gasteiger partial charge in [0.05, 0.1) is 0 Å². The molecule has 7 heteroatoms. The van der Waals surface area contributed by atoms with E-state index >= 15 is 0 Å². The lowest BCUT2D eigenvalue weighted by Crippen LogP contribution is -2.43. The maximum absolute atomic E-state index is 12.4. The van der Waals surface area contributed by atoms with Gasteiger partial charge < -0.3 is 10.2 Å². The van der Waals surface area contributed by atoms with Gasteiger partial charge in [-0.1, -0.05) is 0 Å². The van der Waals surface area contributed by atoms with Crippen LogP contribution in [0.5, 0.6) is 0 Å². The molecule has 0 aromatic carbocycles. The first-order valence-electron chi connectivity index (χ1n) is 7.38. The van der Waals surface area contributed by atoms with E-state index in [4.69, 9.17) is 0 Å². The lowest BCUT2D eigenvalue weighted by Gasteiger charge is -2.34. The molecule has 2 fully saturated rings. The summed E-state index contributed by atoms with van der Waals surface area (Å²) in [4.78, 5) is 18.5. The summed E-state index contributed by atoms with van der Waals surface area (Å²) in [5.41, 5.74) is 0.547. The molecule has 0 bridgehead atoms. The average Bonchev–Trinajstić information content (AvgIpc) is 3.02. The zero-order valence-electron chi connectivity index (χ0n) is 12.3. The first kappa shape index (κ1) is 19.7. The average molecular weight is 411 g/mol. The number of piperidine rings is 1. The molecule has 2 aliphatic heterocycles. The van der Waals surface area contributed by atoms with Crippen LogP contribution in [0.15, 0.2) is 22.8 Å². The van der Waals surface area contributed by atoms with Crippen molar-refractivity contribution in [2.75, 3.05) is 19.6 Å². The molecule has 3 heterocycles. The summed E-state index contributed by atoms with van der Waals surface area (Å²) in [5, 5.41) is 3.59. The topological polar surface area (TPSA) is 45.2 Å². The molecular formula is C15H22BrCl2N3O. The predicted octanol–water partition coefficient (Wildman–Crippen LogP) is 3.29. The van der Waals surface area contributed by atoms with Gasteiger partial charge in [0.25, 0.3) is 5.91 Å². The van der Waals surface area contributed by atoms with Gasteiger partial charge in [0.1, 0.15) is 5.69 Å². The summed E-state index contributed by atoms with van der Waals surface area (Å²) >= 11 is 3.34. The molecule has 2 aliphatic rings. The third-order valence-electron chi connectivity index (χ3n) is 4.44.